The van der Waals surface area contributed by atoms with Crippen LogP contribution >= 0.6 is 0 Å². The smallest absolute Gasteiger partial charge is 0.252 e. The molecule has 0 aliphatic rings. The van der Waals surface area contributed by atoms with E-state index in [1.807, 2.05) is 12.1 Å². The Balaban J connectivity index is 2.19. The van der Waals surface area contributed by atoms with Crippen LogP contribution in [0, 0.1) is 17.1 Å². The number of nitrogens with one attached hydrogen (secondary N) is 1. The lowest BCUT2D eigenvalue weighted by molar-refractivity contribution is 0.0944. The number of hydrogen-bond donors (Lipinski definition) is 1. The van der Waals surface area contributed by atoms with E-state index in [1.54, 1.807) is 24.3 Å². The number of rotatable bonds is 4. The normalized spacial score (nSPS) is 11.3. The van der Waals surface area contributed by atoms with E-state index in [0.29, 0.717) is 5.56 Å². The van der Waals surface area contributed by atoms with E-state index >= 15 is 0 Å². The summed E-state index contributed by atoms with van der Waals surface area (Å²) in [4.78, 5) is 12.1. The molecule has 2 aromatic carbocycles. The van der Waals surface area contributed by atoms with Crippen molar-refractivity contribution in [1.29, 1.82) is 5.26 Å². The molecule has 1 atom stereocenters. The molecule has 21 heavy (non-hydrogen) atoms. The number of nitrogens with zero attached hydrogens (tertiary/aromatic N) is 1. The predicted molar refractivity (Wildman–Crippen MR) is 75.2 cm³/mol. The molecule has 0 heterocycles. The van der Waals surface area contributed by atoms with E-state index < -0.39 is 17.8 Å². The Morgan fingerprint density at radius 2 is 2.00 bits per heavy atom. The van der Waals surface area contributed by atoms with Crippen LogP contribution in [0.3, 0.4) is 0 Å². The molecule has 0 aliphatic heterocycles. The highest BCUT2D eigenvalue weighted by Gasteiger charge is 2.16. The topological polar surface area (TPSA) is 62.1 Å². The van der Waals surface area contributed by atoms with Crippen molar-refractivity contribution in [1.82, 2.24) is 5.32 Å². The fourth-order valence-electron chi connectivity index (χ4n) is 1.85. The highest BCUT2D eigenvalue weighted by atomic mass is 19.1. The van der Waals surface area contributed by atoms with Gasteiger partial charge in [0.2, 0.25) is 0 Å². The minimum absolute atomic E-state index is 0.0177. The molecule has 0 saturated heterocycles. The highest BCUT2D eigenvalue weighted by Crippen LogP contribution is 2.19. The van der Waals surface area contributed by atoms with Gasteiger partial charge < -0.3 is 10.1 Å². The lowest BCUT2D eigenvalue weighted by Gasteiger charge is -2.12. The third-order valence-electron chi connectivity index (χ3n) is 2.95. The van der Waals surface area contributed by atoms with E-state index in [4.69, 9.17) is 4.74 Å². The van der Waals surface area contributed by atoms with E-state index in [2.05, 4.69) is 5.32 Å². The van der Waals surface area contributed by atoms with Crippen LogP contribution < -0.4 is 10.1 Å². The number of carbonyl (C=O) groups is 1. The van der Waals surface area contributed by atoms with E-state index in [0.717, 1.165) is 6.07 Å². The Hall–Kier alpha value is -2.87. The van der Waals surface area contributed by atoms with Gasteiger partial charge in [-0.25, -0.2) is 4.39 Å². The van der Waals surface area contributed by atoms with Crippen molar-refractivity contribution in [3.63, 3.8) is 0 Å². The van der Waals surface area contributed by atoms with Gasteiger partial charge >= 0.3 is 0 Å². The summed E-state index contributed by atoms with van der Waals surface area (Å²) in [5.74, 6) is -1.03. The Morgan fingerprint density at radius 1 is 1.29 bits per heavy atom. The van der Waals surface area contributed by atoms with Gasteiger partial charge in [-0.05, 0) is 23.8 Å². The van der Waals surface area contributed by atoms with Gasteiger partial charge in [-0.2, -0.15) is 5.26 Å². The van der Waals surface area contributed by atoms with Gasteiger partial charge in [0, 0.05) is 5.56 Å². The molecule has 1 unspecified atom stereocenters. The quantitative estimate of drug-likeness (QED) is 0.939. The number of methoxy groups -OCH3 is 1. The molecule has 2 rings (SSSR count). The fourth-order valence-corrected chi connectivity index (χ4v) is 1.85. The number of nitriles is 1. The molecule has 1 N–H and O–H groups in total. The van der Waals surface area contributed by atoms with Gasteiger partial charge in [-0.3, -0.25) is 4.79 Å². The zero-order valence-electron chi connectivity index (χ0n) is 11.3. The van der Waals surface area contributed by atoms with Gasteiger partial charge in [0.1, 0.15) is 6.04 Å². The molecule has 0 bridgehead atoms. The van der Waals surface area contributed by atoms with E-state index in [1.165, 1.54) is 19.2 Å². The first kappa shape index (κ1) is 14.5. The Bertz CT molecular complexity index is 680. The molecule has 0 saturated carbocycles. The molecule has 0 aliphatic carbocycles. The average Bonchev–Trinajstić information content (AvgIpc) is 2.53. The molecule has 106 valence electrons. The van der Waals surface area contributed by atoms with Crippen molar-refractivity contribution < 1.29 is 13.9 Å². The summed E-state index contributed by atoms with van der Waals surface area (Å²) in [6.07, 6.45) is 0. The summed E-state index contributed by atoms with van der Waals surface area (Å²) in [6.45, 7) is 0. The van der Waals surface area contributed by atoms with Crippen molar-refractivity contribution in [2.75, 3.05) is 7.11 Å². The average molecular weight is 284 g/mol. The van der Waals surface area contributed by atoms with Crippen LogP contribution in [0.15, 0.2) is 48.5 Å². The third kappa shape index (κ3) is 3.37. The van der Waals surface area contributed by atoms with Crippen molar-refractivity contribution in [2.45, 2.75) is 6.04 Å². The SMILES string of the molecule is COc1cc(C(=O)NC(C#N)c2ccccc2)ccc1F. The largest absolute Gasteiger partial charge is 0.494 e. The summed E-state index contributed by atoms with van der Waals surface area (Å²) in [5, 5.41) is 11.8. The van der Waals surface area contributed by atoms with Crippen LogP contribution in [0.5, 0.6) is 5.75 Å². The number of halogens is 1. The van der Waals surface area contributed by atoms with Gasteiger partial charge in [-0.1, -0.05) is 30.3 Å². The second-order valence-corrected chi connectivity index (χ2v) is 4.30. The summed E-state index contributed by atoms with van der Waals surface area (Å²) in [5.41, 5.74) is 0.909. The summed E-state index contributed by atoms with van der Waals surface area (Å²) < 4.78 is 18.1. The Labute approximate surface area is 121 Å². The molecular formula is C16H13FN2O2. The Morgan fingerprint density at radius 3 is 2.62 bits per heavy atom. The molecule has 0 spiro atoms. The number of ether oxygens (including phenoxy) is 1. The zero-order chi connectivity index (χ0) is 15.2. The maximum atomic E-state index is 13.3. The van der Waals surface area contributed by atoms with Crippen LogP contribution in [-0.4, -0.2) is 13.0 Å². The van der Waals surface area contributed by atoms with E-state index in [9.17, 15) is 14.4 Å². The van der Waals surface area contributed by atoms with Gasteiger partial charge in [0.15, 0.2) is 11.6 Å². The lowest BCUT2D eigenvalue weighted by atomic mass is 10.1. The first-order chi connectivity index (χ1) is 10.2. The van der Waals surface area contributed by atoms with Gasteiger partial charge in [-0.15, -0.1) is 0 Å². The van der Waals surface area contributed by atoms with Crippen LogP contribution in [0.1, 0.15) is 22.0 Å². The Kier molecular flexibility index (Phi) is 4.52. The molecule has 1 amide bonds. The molecule has 5 heteroatoms. The number of hydrogen-bond acceptors (Lipinski definition) is 3. The monoisotopic (exact) mass is 284 g/mol. The van der Waals surface area contributed by atoms with Gasteiger partial charge in [0.05, 0.1) is 13.2 Å². The second-order valence-electron chi connectivity index (χ2n) is 4.30. The highest BCUT2D eigenvalue weighted by molar-refractivity contribution is 5.95. The lowest BCUT2D eigenvalue weighted by Crippen LogP contribution is -2.27. The summed E-state index contributed by atoms with van der Waals surface area (Å²) in [6, 6.07) is 13.9. The maximum absolute atomic E-state index is 13.3. The van der Waals surface area contributed by atoms with Crippen LogP contribution in [0.25, 0.3) is 0 Å². The molecule has 0 radical (unpaired) electrons. The van der Waals surface area contributed by atoms with Crippen LogP contribution in [-0.2, 0) is 0 Å². The van der Waals surface area contributed by atoms with Crippen molar-refractivity contribution >= 4 is 5.91 Å². The minimum atomic E-state index is -0.769. The fraction of sp³-hybridized carbons (Fsp3) is 0.125. The molecule has 4 nitrogen and oxygen atoms in total. The maximum Gasteiger partial charge on any atom is 0.252 e. The second kappa shape index (κ2) is 6.53. The van der Waals surface area contributed by atoms with Gasteiger partial charge in [0.25, 0.3) is 5.91 Å². The molecule has 2 aromatic rings. The molecule has 0 aromatic heterocycles. The third-order valence-corrected chi connectivity index (χ3v) is 2.95. The first-order valence-electron chi connectivity index (χ1n) is 6.24. The van der Waals surface area contributed by atoms with Crippen LogP contribution in [0.2, 0.25) is 0 Å². The minimum Gasteiger partial charge on any atom is -0.494 e. The standard InChI is InChI=1S/C16H13FN2O2/c1-21-15-9-12(7-8-13(15)17)16(20)19-14(10-18)11-5-3-2-4-6-11/h2-9,14H,1H3,(H,19,20). The zero-order valence-corrected chi connectivity index (χ0v) is 11.3. The number of carbonyl (C=O) groups excluding carboxylic acids is 1. The van der Waals surface area contributed by atoms with Crippen molar-refractivity contribution in [3.05, 3.63) is 65.5 Å². The van der Waals surface area contributed by atoms with E-state index in [-0.39, 0.29) is 11.3 Å². The van der Waals surface area contributed by atoms with Crippen LogP contribution in [0.4, 0.5) is 4.39 Å². The molecule has 0 fully saturated rings. The number of amides is 1. The van der Waals surface area contributed by atoms with Crippen molar-refractivity contribution in [3.8, 4) is 11.8 Å². The first-order valence-corrected chi connectivity index (χ1v) is 6.24. The van der Waals surface area contributed by atoms with Crippen molar-refractivity contribution in [2.24, 2.45) is 0 Å². The predicted octanol–water partition coefficient (Wildman–Crippen LogP) is 2.83. The summed E-state index contributed by atoms with van der Waals surface area (Å²) in [7, 11) is 1.32. The number of benzene rings is 2. The molecular weight excluding hydrogens is 271 g/mol. The summed E-state index contributed by atoms with van der Waals surface area (Å²) >= 11 is 0.